The third-order valence-electron chi connectivity index (χ3n) is 3.87. The summed E-state index contributed by atoms with van der Waals surface area (Å²) in [5, 5.41) is 5.90. The van der Waals surface area contributed by atoms with Gasteiger partial charge in [0, 0.05) is 32.7 Å². The molecule has 0 saturated carbocycles. The van der Waals surface area contributed by atoms with Crippen LogP contribution in [0.4, 0.5) is 4.79 Å². The quantitative estimate of drug-likeness (QED) is 0.736. The second-order valence-corrected chi connectivity index (χ2v) is 6.76. The fourth-order valence-corrected chi connectivity index (χ4v) is 3.46. The molecule has 1 radical (unpaired) electrons. The van der Waals surface area contributed by atoms with Crippen LogP contribution in [0, 0.1) is 0 Å². The summed E-state index contributed by atoms with van der Waals surface area (Å²) >= 11 is 1.000. The van der Waals surface area contributed by atoms with Crippen LogP contribution < -0.4 is 5.32 Å². The molecule has 0 aromatic heterocycles. The molecule has 2 atom stereocenters. The molecule has 2 fully saturated rings. The molecule has 0 aliphatic carbocycles. The van der Waals surface area contributed by atoms with E-state index >= 15 is 0 Å². The van der Waals surface area contributed by atoms with Crippen LogP contribution >= 0.6 is 11.8 Å². The molecule has 3 rings (SSSR count). The van der Waals surface area contributed by atoms with Crippen molar-refractivity contribution in [2.75, 3.05) is 13.2 Å². The van der Waals surface area contributed by atoms with Gasteiger partial charge in [-0.05, 0) is 24.1 Å². The molecular weight excluding hydrogens is 405 g/mol. The number of hydrogen-bond acceptors (Lipinski definition) is 5. The largest absolute Gasteiger partial charge is 0.657 e. The molecule has 1 N–H and O–H groups in total. The number of thioether (sulfide) groups is 1. The van der Waals surface area contributed by atoms with Crippen molar-refractivity contribution in [3.63, 3.8) is 0 Å². The van der Waals surface area contributed by atoms with Crippen molar-refractivity contribution in [3.05, 3.63) is 40.7 Å². The molecule has 24 heavy (non-hydrogen) atoms. The number of nitrogens with one attached hydrogen (secondary N) is 1. The van der Waals surface area contributed by atoms with Gasteiger partial charge in [-0.2, -0.15) is 0 Å². The summed E-state index contributed by atoms with van der Waals surface area (Å²) in [5.41, 5.74) is 1.38. The summed E-state index contributed by atoms with van der Waals surface area (Å²) < 4.78 is 5.27. The minimum Gasteiger partial charge on any atom is -0.657 e. The molecule has 2 amide bonds. The molecule has 2 saturated heterocycles. The van der Waals surface area contributed by atoms with E-state index in [4.69, 9.17) is 4.74 Å². The van der Waals surface area contributed by atoms with E-state index < -0.39 is 5.25 Å². The van der Waals surface area contributed by atoms with Crippen LogP contribution in [-0.2, 0) is 48.7 Å². The fourth-order valence-electron chi connectivity index (χ4n) is 2.60. The smallest absolute Gasteiger partial charge is 0.338 e. The number of imide groups is 1. The van der Waals surface area contributed by atoms with Gasteiger partial charge in [-0.25, -0.2) is 4.79 Å². The number of benzene rings is 1. The number of amides is 2. The molecule has 6 nitrogen and oxygen atoms in total. The zero-order chi connectivity index (χ0) is 16.2. The van der Waals surface area contributed by atoms with Gasteiger partial charge in [0.25, 0.3) is 5.24 Å². The van der Waals surface area contributed by atoms with Gasteiger partial charge in [-0.3, -0.25) is 14.9 Å². The Morgan fingerprint density at radius 3 is 2.62 bits per heavy atom. The predicted octanol–water partition coefficient (Wildman–Crippen LogP) is 2.27. The van der Waals surface area contributed by atoms with Gasteiger partial charge in [0.2, 0.25) is 5.91 Å². The molecule has 2 aliphatic rings. The summed E-state index contributed by atoms with van der Waals surface area (Å²) in [6.45, 7) is 1.19. The van der Waals surface area contributed by atoms with E-state index in [1.165, 1.54) is 0 Å². The first-order chi connectivity index (χ1) is 11.1. The zero-order valence-corrected chi connectivity index (χ0v) is 16.7. The number of esters is 1. The summed E-state index contributed by atoms with van der Waals surface area (Å²) in [6.07, 6.45) is 2.50. The fraction of sp³-hybridized carbons (Fsp3) is 0.438. The Bertz CT molecular complexity index is 617. The number of hydrogen-bond donors (Lipinski definition) is 1. The Kier molecular flexibility index (Phi) is 7.41. The maximum Gasteiger partial charge on any atom is 0.338 e. The number of ether oxygens (including phenoxy) is 1. The van der Waals surface area contributed by atoms with Crippen molar-refractivity contribution in [1.29, 1.82) is 0 Å². The Morgan fingerprint density at radius 1 is 1.29 bits per heavy atom. The average Bonchev–Trinajstić information content (AvgIpc) is 3.16. The van der Waals surface area contributed by atoms with E-state index in [0.717, 1.165) is 36.7 Å². The van der Waals surface area contributed by atoms with E-state index in [-0.39, 0.29) is 55.9 Å². The van der Waals surface area contributed by atoms with Crippen LogP contribution in [0.5, 0.6) is 0 Å². The molecule has 1 unspecified atom stereocenters. The molecule has 2 aliphatic heterocycles. The first-order valence-electron chi connectivity index (χ1n) is 7.56. The normalized spacial score (nSPS) is 22.8. The summed E-state index contributed by atoms with van der Waals surface area (Å²) in [5.74, 6) is -0.620. The molecule has 1 aromatic carbocycles. The van der Waals surface area contributed by atoms with E-state index in [0.29, 0.717) is 18.6 Å². The van der Waals surface area contributed by atoms with E-state index in [1.807, 2.05) is 0 Å². The summed E-state index contributed by atoms with van der Waals surface area (Å²) in [6, 6.07) is 7.07. The Balaban J connectivity index is 0.00000208. The van der Waals surface area contributed by atoms with Crippen LogP contribution in [0.2, 0.25) is 0 Å². The Hall–Kier alpha value is -0.756. The van der Waals surface area contributed by atoms with Gasteiger partial charge in [0.1, 0.15) is 0 Å². The third kappa shape index (κ3) is 5.12. The SMILES string of the molecule is O=C1NC(=O)C(Cc2ccc(C(=O)OC[C@@H]3CCC[N-]3)cc2)S1.[Y]. The molecule has 0 spiro atoms. The van der Waals surface area contributed by atoms with E-state index in [2.05, 4.69) is 10.6 Å². The van der Waals surface area contributed by atoms with Crippen molar-refractivity contribution >= 4 is 28.9 Å². The topological polar surface area (TPSA) is 86.6 Å². The van der Waals surface area contributed by atoms with Crippen LogP contribution in [-0.4, -0.2) is 41.6 Å². The maximum absolute atomic E-state index is 12.0. The third-order valence-corrected chi connectivity index (χ3v) is 4.85. The van der Waals surface area contributed by atoms with Crippen molar-refractivity contribution in [3.8, 4) is 0 Å². The van der Waals surface area contributed by atoms with Gasteiger partial charge in [-0.15, -0.1) is 12.6 Å². The Morgan fingerprint density at radius 2 is 2.04 bits per heavy atom. The second-order valence-electron chi connectivity index (χ2n) is 5.58. The molecule has 2 heterocycles. The molecule has 125 valence electrons. The molecule has 8 heteroatoms. The van der Waals surface area contributed by atoms with Crippen LogP contribution in [0.1, 0.15) is 28.8 Å². The second kappa shape index (κ2) is 9.08. The van der Waals surface area contributed by atoms with E-state index in [1.54, 1.807) is 24.3 Å². The van der Waals surface area contributed by atoms with Crippen molar-refractivity contribution < 1.29 is 51.8 Å². The minimum atomic E-state index is -0.399. The summed E-state index contributed by atoms with van der Waals surface area (Å²) in [4.78, 5) is 34.7. The van der Waals surface area contributed by atoms with Crippen LogP contribution in [0.25, 0.3) is 5.32 Å². The van der Waals surface area contributed by atoms with E-state index in [9.17, 15) is 14.4 Å². The van der Waals surface area contributed by atoms with Crippen molar-refractivity contribution in [1.82, 2.24) is 5.32 Å². The average molecular weight is 422 g/mol. The predicted molar refractivity (Wildman–Crippen MR) is 86.6 cm³/mol. The first kappa shape index (κ1) is 19.6. The van der Waals surface area contributed by atoms with Gasteiger partial charge in [-0.1, -0.05) is 36.7 Å². The van der Waals surface area contributed by atoms with Gasteiger partial charge < -0.3 is 10.1 Å². The van der Waals surface area contributed by atoms with Gasteiger partial charge in [0.15, 0.2) is 0 Å². The minimum absolute atomic E-state index is 0. The number of rotatable bonds is 5. The maximum atomic E-state index is 12.0. The number of nitrogens with zero attached hydrogens (tertiary/aromatic N) is 1. The van der Waals surface area contributed by atoms with Gasteiger partial charge >= 0.3 is 5.97 Å². The zero-order valence-electron chi connectivity index (χ0n) is 13.1. The monoisotopic (exact) mass is 422 g/mol. The Labute approximate surface area is 169 Å². The van der Waals surface area contributed by atoms with Crippen LogP contribution in [0.3, 0.4) is 0 Å². The number of carbonyl (C=O) groups is 3. The van der Waals surface area contributed by atoms with Crippen LogP contribution in [0.15, 0.2) is 24.3 Å². The molecule has 0 bridgehead atoms. The molecule has 1 aromatic rings. The summed E-state index contributed by atoms with van der Waals surface area (Å²) in [7, 11) is 0. The van der Waals surface area contributed by atoms with Crippen molar-refractivity contribution in [2.24, 2.45) is 0 Å². The standard InChI is InChI=1S/C16H17N2O4S.Y/c19-14-13(23-16(21)18-14)8-10-3-5-11(6-4-10)15(20)22-9-12-2-1-7-17-12;/h3-6,12-13H,1-2,7-9H2,(H,18,19,21);/q-1;/t12-,13?;/m0./s1. The molecular formula is C16H17N2O4SY-. The van der Waals surface area contributed by atoms with Crippen molar-refractivity contribution in [2.45, 2.75) is 30.6 Å². The first-order valence-corrected chi connectivity index (χ1v) is 8.44. The number of carbonyl (C=O) groups excluding carboxylic acids is 3. The van der Waals surface area contributed by atoms with Gasteiger partial charge in [0.05, 0.1) is 17.4 Å².